The quantitative estimate of drug-likeness (QED) is 0.197. The minimum atomic E-state index is 0.261. The first kappa shape index (κ1) is 21.0. The third kappa shape index (κ3) is 3.36. The molecule has 0 saturated carbocycles. The van der Waals surface area contributed by atoms with Gasteiger partial charge in [0.05, 0.1) is 0 Å². The number of hydrogen-bond acceptors (Lipinski definition) is 0. The van der Waals surface area contributed by atoms with E-state index in [1.54, 1.807) is 0 Å². The first-order valence-electron chi connectivity index (χ1n) is 12.7. The average Bonchev–Trinajstić information content (AvgIpc) is 2.96. The summed E-state index contributed by atoms with van der Waals surface area (Å²) in [6.07, 6.45) is 0. The molecule has 0 atom stereocenters. The van der Waals surface area contributed by atoms with Crippen molar-refractivity contribution in [3.8, 4) is 33.4 Å². The Bertz CT molecular complexity index is 2010. The first-order chi connectivity index (χ1) is 18.3. The van der Waals surface area contributed by atoms with Gasteiger partial charge in [0.1, 0.15) is 0 Å². The SMILES string of the molecule is c1ccc2cc(-c3ccc4c(c3)[Se]c3cccc5c(-c6ccc7ccccc7c6)ccc-4c35)ccc2c1. The van der Waals surface area contributed by atoms with Gasteiger partial charge in [0.2, 0.25) is 0 Å². The number of hydrogen-bond donors (Lipinski definition) is 0. The second-order valence-corrected chi connectivity index (χ2v) is 12.1. The van der Waals surface area contributed by atoms with Gasteiger partial charge in [-0.2, -0.15) is 0 Å². The zero-order chi connectivity index (χ0) is 24.3. The summed E-state index contributed by atoms with van der Waals surface area (Å²) in [4.78, 5) is 0. The third-order valence-corrected chi connectivity index (χ3v) is 9.98. The molecule has 0 spiro atoms. The molecule has 37 heavy (non-hydrogen) atoms. The normalized spacial score (nSPS) is 12.2. The van der Waals surface area contributed by atoms with Crippen molar-refractivity contribution in [2.24, 2.45) is 0 Å². The summed E-state index contributed by atoms with van der Waals surface area (Å²) in [5, 5.41) is 7.94. The van der Waals surface area contributed by atoms with Crippen LogP contribution in [0.1, 0.15) is 0 Å². The maximum absolute atomic E-state index is 2.43. The molecule has 0 unspecified atom stereocenters. The van der Waals surface area contributed by atoms with Crippen LogP contribution in [-0.4, -0.2) is 15.0 Å². The van der Waals surface area contributed by atoms with Crippen LogP contribution >= 0.6 is 0 Å². The van der Waals surface area contributed by atoms with Crippen LogP contribution in [0.25, 0.3) is 65.7 Å². The van der Waals surface area contributed by atoms with Gasteiger partial charge in [-0.15, -0.1) is 0 Å². The van der Waals surface area contributed by atoms with Crippen molar-refractivity contribution in [2.75, 3.05) is 0 Å². The molecule has 7 aromatic rings. The Morgan fingerprint density at radius 2 is 0.946 bits per heavy atom. The van der Waals surface area contributed by atoms with Crippen molar-refractivity contribution in [1.29, 1.82) is 0 Å². The molecule has 0 nitrogen and oxygen atoms in total. The van der Waals surface area contributed by atoms with E-state index in [1.807, 2.05) is 0 Å². The Morgan fingerprint density at radius 1 is 0.351 bits per heavy atom. The first-order valence-corrected chi connectivity index (χ1v) is 14.4. The van der Waals surface area contributed by atoms with E-state index >= 15 is 0 Å². The predicted molar refractivity (Wildman–Crippen MR) is 160 cm³/mol. The van der Waals surface area contributed by atoms with Crippen molar-refractivity contribution >= 4 is 56.2 Å². The van der Waals surface area contributed by atoms with Crippen LogP contribution in [0.2, 0.25) is 0 Å². The van der Waals surface area contributed by atoms with Crippen molar-refractivity contribution in [2.45, 2.75) is 0 Å². The standard InChI is InChI=1S/C36H22Se/c1-3-8-25-20-27(14-12-23(25)6-1)28-16-17-31-33-19-18-30(29-15-13-24-7-2-4-9-26(24)21-29)32-10-5-11-34(36(32)33)37-35(31)22-28/h1-22H. The maximum atomic E-state index is 2.43. The molecular formula is C36H22Se. The minimum absolute atomic E-state index is 0.261. The predicted octanol–water partition coefficient (Wildman–Crippen LogP) is 8.12. The van der Waals surface area contributed by atoms with Gasteiger partial charge in [0.15, 0.2) is 0 Å². The van der Waals surface area contributed by atoms with Gasteiger partial charge in [-0.05, 0) is 0 Å². The Hall–Kier alpha value is -4.16. The van der Waals surface area contributed by atoms with E-state index in [2.05, 4.69) is 133 Å². The molecule has 1 heteroatoms. The summed E-state index contributed by atoms with van der Waals surface area (Å²) in [6.45, 7) is 0. The molecule has 0 amide bonds. The molecule has 0 bridgehead atoms. The molecule has 172 valence electrons. The fourth-order valence-electron chi connectivity index (χ4n) is 5.79. The number of rotatable bonds is 2. The molecule has 1 aliphatic rings. The summed E-state index contributed by atoms with van der Waals surface area (Å²) < 4.78 is 2.95. The van der Waals surface area contributed by atoms with Crippen molar-refractivity contribution in [3.63, 3.8) is 0 Å². The van der Waals surface area contributed by atoms with E-state index in [4.69, 9.17) is 0 Å². The molecule has 0 aliphatic carbocycles. The molecule has 0 aromatic heterocycles. The van der Waals surface area contributed by atoms with Crippen molar-refractivity contribution in [3.05, 3.63) is 133 Å². The van der Waals surface area contributed by atoms with E-state index in [-0.39, 0.29) is 15.0 Å². The van der Waals surface area contributed by atoms with Crippen molar-refractivity contribution < 1.29 is 0 Å². The average molecular weight is 534 g/mol. The Labute approximate surface area is 222 Å². The summed E-state index contributed by atoms with van der Waals surface area (Å²) in [7, 11) is 0. The van der Waals surface area contributed by atoms with Crippen LogP contribution in [0.5, 0.6) is 0 Å². The van der Waals surface area contributed by atoms with E-state index in [0.29, 0.717) is 0 Å². The topological polar surface area (TPSA) is 0 Å². The van der Waals surface area contributed by atoms with Crippen LogP contribution in [0, 0.1) is 0 Å². The van der Waals surface area contributed by atoms with Gasteiger partial charge in [-0.25, -0.2) is 0 Å². The molecular weight excluding hydrogens is 511 g/mol. The Balaban J connectivity index is 1.27. The van der Waals surface area contributed by atoms with Gasteiger partial charge in [0, 0.05) is 0 Å². The second kappa shape index (κ2) is 8.18. The van der Waals surface area contributed by atoms with E-state index in [9.17, 15) is 0 Å². The third-order valence-electron chi connectivity index (χ3n) is 7.64. The zero-order valence-electron chi connectivity index (χ0n) is 20.1. The van der Waals surface area contributed by atoms with E-state index < -0.39 is 0 Å². The number of benzene rings is 7. The Kier molecular flexibility index (Phi) is 4.64. The molecule has 0 N–H and O–H groups in total. The zero-order valence-corrected chi connectivity index (χ0v) is 21.8. The van der Waals surface area contributed by atoms with Crippen LogP contribution in [-0.2, 0) is 0 Å². The Morgan fingerprint density at radius 3 is 1.73 bits per heavy atom. The molecule has 0 saturated heterocycles. The van der Waals surface area contributed by atoms with Crippen LogP contribution in [0.4, 0.5) is 0 Å². The second-order valence-electron chi connectivity index (χ2n) is 9.78. The molecule has 1 heterocycles. The molecule has 0 radical (unpaired) electrons. The van der Waals surface area contributed by atoms with E-state index in [1.165, 1.54) is 74.6 Å². The summed E-state index contributed by atoms with van der Waals surface area (Å²) >= 11 is 0.261. The van der Waals surface area contributed by atoms with Crippen molar-refractivity contribution in [1.82, 2.24) is 0 Å². The van der Waals surface area contributed by atoms with Crippen LogP contribution in [0.3, 0.4) is 0 Å². The molecule has 8 rings (SSSR count). The van der Waals surface area contributed by atoms with Crippen LogP contribution < -0.4 is 8.92 Å². The van der Waals surface area contributed by atoms with Gasteiger partial charge < -0.3 is 0 Å². The summed E-state index contributed by atoms with van der Waals surface area (Å²) in [5.74, 6) is 0. The molecule has 1 aliphatic heterocycles. The van der Waals surface area contributed by atoms with Gasteiger partial charge >= 0.3 is 223 Å². The van der Waals surface area contributed by atoms with Gasteiger partial charge in [0.25, 0.3) is 0 Å². The molecule has 7 aromatic carbocycles. The van der Waals surface area contributed by atoms with Crippen LogP contribution in [0.15, 0.2) is 133 Å². The van der Waals surface area contributed by atoms with Gasteiger partial charge in [-0.1, -0.05) is 0 Å². The summed E-state index contributed by atoms with van der Waals surface area (Å²) in [5.41, 5.74) is 7.94. The molecule has 0 fully saturated rings. The monoisotopic (exact) mass is 534 g/mol. The van der Waals surface area contributed by atoms with E-state index in [0.717, 1.165) is 0 Å². The fraction of sp³-hybridized carbons (Fsp3) is 0. The fourth-order valence-corrected chi connectivity index (χ4v) is 8.26. The van der Waals surface area contributed by atoms with Gasteiger partial charge in [-0.3, -0.25) is 0 Å². The summed E-state index contributed by atoms with van der Waals surface area (Å²) in [6, 6.07) is 49.5. The number of fused-ring (bicyclic) bond motifs is 4.